The summed E-state index contributed by atoms with van der Waals surface area (Å²) in [7, 11) is 0. The van der Waals surface area contributed by atoms with Crippen molar-refractivity contribution in [2.45, 2.75) is 6.92 Å². The van der Waals surface area contributed by atoms with Crippen LogP contribution in [-0.4, -0.2) is 26.1 Å². The Bertz CT molecular complexity index is 607. The molecule has 0 spiro atoms. The summed E-state index contributed by atoms with van der Waals surface area (Å²) in [5.41, 5.74) is 7.13. The van der Waals surface area contributed by atoms with Crippen LogP contribution in [0.25, 0.3) is 0 Å². The molecule has 0 unspecified atom stereocenters. The van der Waals surface area contributed by atoms with E-state index in [4.69, 9.17) is 18.0 Å². The van der Waals surface area contributed by atoms with Gasteiger partial charge in [-0.2, -0.15) is 5.10 Å². The molecule has 18 heavy (non-hydrogen) atoms. The molecule has 2 rings (SSSR count). The van der Waals surface area contributed by atoms with Gasteiger partial charge in [0.2, 0.25) is 0 Å². The van der Waals surface area contributed by atoms with Gasteiger partial charge in [-0.15, -0.1) is 0 Å². The number of nitrogens with zero attached hydrogens (tertiary/aromatic N) is 2. The number of rotatable bonds is 3. The minimum atomic E-state index is -0.338. The summed E-state index contributed by atoms with van der Waals surface area (Å²) >= 11 is 4.85. The van der Waals surface area contributed by atoms with Gasteiger partial charge in [0.05, 0.1) is 11.8 Å². The second-order valence-electron chi connectivity index (χ2n) is 3.65. The van der Waals surface area contributed by atoms with Gasteiger partial charge in [-0.1, -0.05) is 18.3 Å². The molecule has 0 aliphatic heterocycles. The van der Waals surface area contributed by atoms with Crippen molar-refractivity contribution in [2.24, 2.45) is 5.73 Å². The lowest BCUT2D eigenvalue weighted by Gasteiger charge is -2.06. The quantitative estimate of drug-likeness (QED) is 0.716. The van der Waals surface area contributed by atoms with E-state index in [0.29, 0.717) is 17.1 Å². The average Bonchev–Trinajstić information content (AvgIpc) is 2.77. The topological polar surface area (TPSA) is 96.7 Å². The molecule has 92 valence electrons. The van der Waals surface area contributed by atoms with Crippen molar-refractivity contribution < 1.29 is 4.79 Å². The molecule has 0 radical (unpaired) electrons. The highest BCUT2D eigenvalue weighted by molar-refractivity contribution is 7.80. The lowest BCUT2D eigenvalue weighted by atomic mass is 10.2. The van der Waals surface area contributed by atoms with Crippen LogP contribution in [-0.2, 0) is 0 Å². The lowest BCUT2D eigenvalue weighted by molar-refractivity contribution is 0.102. The smallest absolute Gasteiger partial charge is 0.275 e. The number of carbonyl (C=O) groups is 1. The van der Waals surface area contributed by atoms with Crippen LogP contribution in [0.1, 0.15) is 21.6 Å². The van der Waals surface area contributed by atoms with E-state index in [-0.39, 0.29) is 10.9 Å². The first-order chi connectivity index (χ1) is 8.59. The Labute approximate surface area is 109 Å². The van der Waals surface area contributed by atoms with Crippen molar-refractivity contribution in [3.05, 3.63) is 41.3 Å². The summed E-state index contributed by atoms with van der Waals surface area (Å²) in [6.45, 7) is 1.81. The van der Waals surface area contributed by atoms with E-state index in [1.54, 1.807) is 12.3 Å². The first-order valence-electron chi connectivity index (χ1n) is 5.15. The summed E-state index contributed by atoms with van der Waals surface area (Å²) < 4.78 is 0. The van der Waals surface area contributed by atoms with Gasteiger partial charge in [-0.25, -0.2) is 0 Å². The number of aryl methyl sites for hydroxylation is 1. The van der Waals surface area contributed by atoms with Gasteiger partial charge in [0, 0.05) is 6.20 Å². The van der Waals surface area contributed by atoms with Crippen LogP contribution in [0.15, 0.2) is 24.5 Å². The highest BCUT2D eigenvalue weighted by Crippen LogP contribution is 2.12. The number of nitrogens with two attached hydrogens (primary N) is 1. The van der Waals surface area contributed by atoms with Crippen molar-refractivity contribution in [2.75, 3.05) is 5.32 Å². The van der Waals surface area contributed by atoms with Crippen LogP contribution in [0.5, 0.6) is 0 Å². The zero-order chi connectivity index (χ0) is 13.1. The minimum absolute atomic E-state index is 0.164. The molecule has 0 bridgehead atoms. The molecule has 0 aliphatic carbocycles. The van der Waals surface area contributed by atoms with Gasteiger partial charge in [0.1, 0.15) is 16.5 Å². The highest BCUT2D eigenvalue weighted by Gasteiger charge is 2.14. The van der Waals surface area contributed by atoms with Crippen LogP contribution in [0.2, 0.25) is 0 Å². The number of carbonyl (C=O) groups excluding carboxylic acids is 1. The van der Waals surface area contributed by atoms with Crippen LogP contribution in [0.3, 0.4) is 0 Å². The average molecular weight is 261 g/mol. The molecule has 0 saturated heterocycles. The Morgan fingerprint density at radius 1 is 1.56 bits per heavy atom. The van der Waals surface area contributed by atoms with E-state index in [1.165, 1.54) is 6.20 Å². The van der Waals surface area contributed by atoms with Crippen molar-refractivity contribution in [1.29, 1.82) is 0 Å². The van der Waals surface area contributed by atoms with Crippen molar-refractivity contribution in [3.63, 3.8) is 0 Å². The maximum atomic E-state index is 12.0. The number of hydrogen-bond acceptors (Lipinski definition) is 4. The number of pyridine rings is 1. The van der Waals surface area contributed by atoms with E-state index in [0.717, 1.165) is 5.56 Å². The molecule has 2 aromatic rings. The van der Waals surface area contributed by atoms with Crippen molar-refractivity contribution >= 4 is 28.9 Å². The Kier molecular flexibility index (Phi) is 3.33. The van der Waals surface area contributed by atoms with Gasteiger partial charge < -0.3 is 11.1 Å². The molecule has 0 atom stereocenters. The number of amides is 1. The van der Waals surface area contributed by atoms with E-state index in [2.05, 4.69) is 20.5 Å². The van der Waals surface area contributed by atoms with Gasteiger partial charge in [0.15, 0.2) is 0 Å². The van der Waals surface area contributed by atoms with Gasteiger partial charge in [-0.05, 0) is 18.6 Å². The zero-order valence-electron chi connectivity index (χ0n) is 9.60. The number of aromatic nitrogens is 3. The molecule has 4 N–H and O–H groups in total. The van der Waals surface area contributed by atoms with E-state index >= 15 is 0 Å². The van der Waals surface area contributed by atoms with Crippen LogP contribution < -0.4 is 11.1 Å². The molecular formula is C11H11N5OS. The molecule has 6 nitrogen and oxygen atoms in total. The van der Waals surface area contributed by atoms with Gasteiger partial charge in [0.25, 0.3) is 5.91 Å². The third-order valence-corrected chi connectivity index (χ3v) is 2.59. The predicted molar refractivity (Wildman–Crippen MR) is 71.4 cm³/mol. The van der Waals surface area contributed by atoms with Gasteiger partial charge >= 0.3 is 0 Å². The van der Waals surface area contributed by atoms with E-state index in [1.807, 2.05) is 13.0 Å². The van der Waals surface area contributed by atoms with Crippen LogP contribution in [0.4, 0.5) is 5.82 Å². The monoisotopic (exact) mass is 261 g/mol. The number of thiocarbonyl (C=S) groups is 1. The SMILES string of the molecule is Cc1cccnc1C(=O)Nc1[nH]ncc1C(N)=S. The minimum Gasteiger partial charge on any atom is -0.389 e. The molecular weight excluding hydrogens is 250 g/mol. The fourth-order valence-corrected chi connectivity index (χ4v) is 1.62. The number of aromatic amines is 1. The molecule has 1 amide bonds. The summed E-state index contributed by atoms with van der Waals surface area (Å²) in [4.78, 5) is 16.2. The van der Waals surface area contributed by atoms with E-state index < -0.39 is 0 Å². The summed E-state index contributed by atoms with van der Waals surface area (Å²) in [5, 5.41) is 9.06. The first kappa shape index (κ1) is 12.2. The summed E-state index contributed by atoms with van der Waals surface area (Å²) in [5.74, 6) is 0.0346. The molecule has 0 fully saturated rings. The number of hydrogen-bond donors (Lipinski definition) is 3. The van der Waals surface area contributed by atoms with Crippen LogP contribution in [0, 0.1) is 6.92 Å². The van der Waals surface area contributed by atoms with Crippen molar-refractivity contribution in [3.8, 4) is 0 Å². The van der Waals surface area contributed by atoms with Crippen LogP contribution >= 0.6 is 12.2 Å². The third kappa shape index (κ3) is 2.35. The standard InChI is InChI=1S/C11H11N5OS/c1-6-3-2-4-13-8(6)11(17)15-10-7(9(12)18)5-14-16-10/h2-5H,1H3,(H2,12,18)(H2,14,15,16,17). The second kappa shape index (κ2) is 4.92. The maximum Gasteiger partial charge on any atom is 0.275 e. The van der Waals surface area contributed by atoms with Crippen molar-refractivity contribution in [1.82, 2.24) is 15.2 Å². The molecule has 0 aliphatic rings. The predicted octanol–water partition coefficient (Wildman–Crippen LogP) is 1.000. The van der Waals surface area contributed by atoms with Gasteiger partial charge in [-0.3, -0.25) is 14.9 Å². The normalized spacial score (nSPS) is 10.1. The molecule has 0 aromatic carbocycles. The number of anilines is 1. The first-order valence-corrected chi connectivity index (χ1v) is 5.56. The molecule has 7 heteroatoms. The summed E-state index contributed by atoms with van der Waals surface area (Å²) in [6, 6.07) is 3.58. The zero-order valence-corrected chi connectivity index (χ0v) is 10.4. The largest absolute Gasteiger partial charge is 0.389 e. The third-order valence-electron chi connectivity index (χ3n) is 2.37. The Hall–Kier alpha value is -2.28. The number of H-pyrrole nitrogens is 1. The Morgan fingerprint density at radius 2 is 2.33 bits per heavy atom. The molecule has 2 aromatic heterocycles. The lowest BCUT2D eigenvalue weighted by Crippen LogP contribution is -2.18. The maximum absolute atomic E-state index is 12.0. The Morgan fingerprint density at radius 3 is 3.00 bits per heavy atom. The molecule has 2 heterocycles. The fourth-order valence-electron chi connectivity index (χ4n) is 1.46. The molecule has 0 saturated carbocycles. The second-order valence-corrected chi connectivity index (χ2v) is 4.09. The Balaban J connectivity index is 2.25. The highest BCUT2D eigenvalue weighted by atomic mass is 32.1. The fraction of sp³-hybridized carbons (Fsp3) is 0.0909. The van der Waals surface area contributed by atoms with E-state index in [9.17, 15) is 4.79 Å². The summed E-state index contributed by atoms with van der Waals surface area (Å²) in [6.07, 6.45) is 3.02. The number of nitrogens with one attached hydrogen (secondary N) is 2.